The molecule has 3 heterocycles. The van der Waals surface area contributed by atoms with Crippen molar-refractivity contribution in [2.45, 2.75) is 45.8 Å². The van der Waals surface area contributed by atoms with Gasteiger partial charge in [-0.3, -0.25) is 0 Å². The molecule has 1 aliphatic heterocycles. The molecule has 2 aromatic rings. The van der Waals surface area contributed by atoms with E-state index < -0.39 is 18.3 Å². The Morgan fingerprint density at radius 1 is 1.14 bits per heavy atom. The topological polar surface area (TPSA) is 57.8 Å². The Kier molecular flexibility index (Phi) is 2.87. The lowest BCUT2D eigenvalue weighted by atomic mass is 9.78. The number of hydrogen-bond acceptors (Lipinski definition) is 4. The summed E-state index contributed by atoms with van der Waals surface area (Å²) < 4.78 is 15.0. The molecule has 0 saturated carbocycles. The number of hydrogen-bond donors (Lipinski definition) is 0. The van der Waals surface area contributed by atoms with Gasteiger partial charge >= 0.3 is 12.8 Å². The predicted octanol–water partition coefficient (Wildman–Crippen LogP) is 0.641. The van der Waals surface area contributed by atoms with Gasteiger partial charge in [-0.05, 0) is 40.7 Å². The molecule has 1 aliphatic rings. The summed E-state index contributed by atoms with van der Waals surface area (Å²) in [5, 5.41) is 4.18. The summed E-state index contributed by atoms with van der Waals surface area (Å²) in [4.78, 5) is 12.2. The third-order valence-electron chi connectivity index (χ3n) is 4.62. The molecular weight excluding hydrogens is 269 g/mol. The molecule has 0 radical (unpaired) electrons. The molecule has 112 valence electrons. The monoisotopic (exact) mass is 289 g/mol. The van der Waals surface area contributed by atoms with Crippen LogP contribution in [0.5, 0.6) is 0 Å². The van der Waals surface area contributed by atoms with Crippen LogP contribution in [0.15, 0.2) is 16.9 Å². The Bertz CT molecular complexity index is 760. The van der Waals surface area contributed by atoms with E-state index in [4.69, 9.17) is 9.31 Å². The first-order valence-corrected chi connectivity index (χ1v) is 7.05. The molecule has 0 spiro atoms. The molecule has 0 bridgehead atoms. The highest BCUT2D eigenvalue weighted by Gasteiger charge is 2.52. The van der Waals surface area contributed by atoms with E-state index in [1.54, 1.807) is 11.4 Å². The SMILES string of the molecule is Cc1c(B2OC(C)(C)C(C)(C)O2)ccc2nn(C)c(=O)n12. The fourth-order valence-corrected chi connectivity index (χ4v) is 2.54. The zero-order valence-corrected chi connectivity index (χ0v) is 13.3. The molecule has 7 heteroatoms. The molecule has 3 rings (SSSR count). The van der Waals surface area contributed by atoms with Crippen LogP contribution in [-0.4, -0.2) is 32.5 Å². The molecule has 0 unspecified atom stereocenters. The largest absolute Gasteiger partial charge is 0.496 e. The summed E-state index contributed by atoms with van der Waals surface area (Å²) in [6, 6.07) is 3.73. The van der Waals surface area contributed by atoms with Gasteiger partial charge < -0.3 is 9.31 Å². The molecule has 0 amide bonds. The van der Waals surface area contributed by atoms with E-state index in [0.29, 0.717) is 5.65 Å². The first-order chi connectivity index (χ1) is 9.64. The van der Waals surface area contributed by atoms with E-state index in [9.17, 15) is 4.79 Å². The predicted molar refractivity (Wildman–Crippen MR) is 80.9 cm³/mol. The van der Waals surface area contributed by atoms with Gasteiger partial charge in [-0.2, -0.15) is 5.10 Å². The Balaban J connectivity index is 2.13. The van der Waals surface area contributed by atoms with E-state index >= 15 is 0 Å². The Morgan fingerprint density at radius 2 is 1.71 bits per heavy atom. The van der Waals surface area contributed by atoms with Crippen molar-refractivity contribution in [2.75, 3.05) is 0 Å². The average molecular weight is 289 g/mol. The van der Waals surface area contributed by atoms with Gasteiger partial charge in [0.1, 0.15) is 0 Å². The fraction of sp³-hybridized carbons (Fsp3) is 0.571. The Labute approximate surface area is 123 Å². The summed E-state index contributed by atoms with van der Waals surface area (Å²) in [5.41, 5.74) is 1.30. The van der Waals surface area contributed by atoms with Crippen molar-refractivity contribution in [1.82, 2.24) is 14.2 Å². The zero-order chi connectivity index (χ0) is 15.6. The van der Waals surface area contributed by atoms with Crippen molar-refractivity contribution in [1.29, 1.82) is 0 Å². The van der Waals surface area contributed by atoms with Crippen LogP contribution < -0.4 is 11.2 Å². The molecule has 0 aliphatic carbocycles. The Hall–Kier alpha value is -1.60. The summed E-state index contributed by atoms with van der Waals surface area (Å²) in [6.07, 6.45) is 0. The van der Waals surface area contributed by atoms with Crippen LogP contribution in [0.3, 0.4) is 0 Å². The molecule has 0 N–H and O–H groups in total. The van der Waals surface area contributed by atoms with Gasteiger partial charge in [0.25, 0.3) is 0 Å². The third-order valence-corrected chi connectivity index (χ3v) is 4.62. The number of pyridine rings is 1. The molecule has 0 aromatic carbocycles. The van der Waals surface area contributed by atoms with Crippen LogP contribution in [0, 0.1) is 6.92 Å². The van der Waals surface area contributed by atoms with Crippen molar-refractivity contribution >= 4 is 18.2 Å². The van der Waals surface area contributed by atoms with Crippen molar-refractivity contribution < 1.29 is 9.31 Å². The second kappa shape index (κ2) is 4.21. The summed E-state index contributed by atoms with van der Waals surface area (Å²) >= 11 is 0. The third kappa shape index (κ3) is 1.95. The number of nitrogens with zero attached hydrogens (tertiary/aromatic N) is 3. The number of fused-ring (bicyclic) bond motifs is 1. The van der Waals surface area contributed by atoms with Crippen LogP contribution in [0.4, 0.5) is 0 Å². The number of aryl methyl sites for hydroxylation is 2. The van der Waals surface area contributed by atoms with Crippen LogP contribution >= 0.6 is 0 Å². The van der Waals surface area contributed by atoms with Crippen LogP contribution in [-0.2, 0) is 16.4 Å². The van der Waals surface area contributed by atoms with E-state index in [-0.39, 0.29) is 5.69 Å². The first-order valence-electron chi connectivity index (χ1n) is 7.05. The lowest BCUT2D eigenvalue weighted by molar-refractivity contribution is 0.00578. The van der Waals surface area contributed by atoms with E-state index in [1.807, 2.05) is 46.8 Å². The summed E-state index contributed by atoms with van der Waals surface area (Å²) in [7, 11) is 1.16. The summed E-state index contributed by atoms with van der Waals surface area (Å²) in [5.74, 6) is 0. The highest BCUT2D eigenvalue weighted by molar-refractivity contribution is 6.62. The van der Waals surface area contributed by atoms with Gasteiger partial charge in [-0.1, -0.05) is 6.07 Å². The standard InChI is InChI=1S/C14H20BN3O3/c1-9-10(15-20-13(2,3)14(4,5)21-15)7-8-11-16-17(6)12(19)18(9)11/h7-8H,1-6H3. The highest BCUT2D eigenvalue weighted by Crippen LogP contribution is 2.36. The van der Waals surface area contributed by atoms with Crippen LogP contribution in [0.2, 0.25) is 0 Å². The zero-order valence-electron chi connectivity index (χ0n) is 13.3. The quantitative estimate of drug-likeness (QED) is 0.723. The Morgan fingerprint density at radius 3 is 2.29 bits per heavy atom. The molecule has 21 heavy (non-hydrogen) atoms. The normalized spacial score (nSPS) is 20.4. The van der Waals surface area contributed by atoms with Crippen molar-refractivity contribution in [3.63, 3.8) is 0 Å². The second-order valence-corrected chi connectivity index (χ2v) is 6.56. The average Bonchev–Trinajstić information content (AvgIpc) is 2.75. The van der Waals surface area contributed by atoms with Gasteiger partial charge in [0.15, 0.2) is 5.65 Å². The minimum Gasteiger partial charge on any atom is -0.399 e. The fourth-order valence-electron chi connectivity index (χ4n) is 2.54. The van der Waals surface area contributed by atoms with Crippen molar-refractivity contribution in [3.05, 3.63) is 28.3 Å². The van der Waals surface area contributed by atoms with Crippen molar-refractivity contribution in [3.8, 4) is 0 Å². The molecular formula is C14H20BN3O3. The van der Waals surface area contributed by atoms with Gasteiger partial charge in [0, 0.05) is 18.2 Å². The van der Waals surface area contributed by atoms with Crippen LogP contribution in [0.25, 0.3) is 5.65 Å². The molecule has 0 atom stereocenters. The molecule has 2 aromatic heterocycles. The van der Waals surface area contributed by atoms with Gasteiger partial charge in [-0.15, -0.1) is 0 Å². The summed E-state index contributed by atoms with van der Waals surface area (Å²) in [6.45, 7) is 9.93. The maximum Gasteiger partial charge on any atom is 0.496 e. The lowest BCUT2D eigenvalue weighted by Gasteiger charge is -2.32. The lowest BCUT2D eigenvalue weighted by Crippen LogP contribution is -2.41. The maximum atomic E-state index is 12.2. The number of rotatable bonds is 1. The van der Waals surface area contributed by atoms with E-state index in [2.05, 4.69) is 5.10 Å². The molecule has 1 fully saturated rings. The minimum atomic E-state index is -0.480. The second-order valence-electron chi connectivity index (χ2n) is 6.56. The molecule has 6 nitrogen and oxygen atoms in total. The van der Waals surface area contributed by atoms with E-state index in [1.165, 1.54) is 4.68 Å². The smallest absolute Gasteiger partial charge is 0.399 e. The van der Waals surface area contributed by atoms with Gasteiger partial charge in [0.2, 0.25) is 0 Å². The first kappa shape index (κ1) is 14.3. The highest BCUT2D eigenvalue weighted by atomic mass is 16.7. The van der Waals surface area contributed by atoms with Gasteiger partial charge in [-0.25, -0.2) is 13.9 Å². The van der Waals surface area contributed by atoms with Gasteiger partial charge in [0.05, 0.1) is 11.2 Å². The maximum absolute atomic E-state index is 12.2. The van der Waals surface area contributed by atoms with E-state index in [0.717, 1.165) is 11.2 Å². The minimum absolute atomic E-state index is 0.166. The molecule has 1 saturated heterocycles. The van der Waals surface area contributed by atoms with Crippen LogP contribution in [0.1, 0.15) is 33.4 Å². The van der Waals surface area contributed by atoms with Crippen molar-refractivity contribution in [2.24, 2.45) is 7.05 Å². The number of aromatic nitrogens is 3.